The summed E-state index contributed by atoms with van der Waals surface area (Å²) in [6, 6.07) is 4.28. The van der Waals surface area contributed by atoms with Gasteiger partial charge in [0.25, 0.3) is 0 Å². The van der Waals surface area contributed by atoms with Gasteiger partial charge in [0.1, 0.15) is 5.82 Å². The Morgan fingerprint density at radius 1 is 1.18 bits per heavy atom. The third kappa shape index (κ3) is 2.76. The number of pyridine rings is 1. The van der Waals surface area contributed by atoms with Crippen LogP contribution >= 0.6 is 0 Å². The van der Waals surface area contributed by atoms with Crippen LogP contribution in [0.3, 0.4) is 0 Å². The molecule has 0 aromatic carbocycles. The molecule has 2 fully saturated rings. The molecule has 0 spiro atoms. The van der Waals surface area contributed by atoms with E-state index in [-0.39, 0.29) is 18.3 Å². The predicted molar refractivity (Wildman–Crippen MR) is 90.9 cm³/mol. The van der Waals surface area contributed by atoms with E-state index in [2.05, 4.69) is 58.7 Å². The molecule has 1 aromatic rings. The quantitative estimate of drug-likeness (QED) is 0.801. The Morgan fingerprint density at radius 3 is 2.27 bits per heavy atom. The van der Waals surface area contributed by atoms with E-state index in [4.69, 9.17) is 14.3 Å². The molecule has 1 aliphatic carbocycles. The van der Waals surface area contributed by atoms with Gasteiger partial charge in [-0.3, -0.25) is 0 Å². The minimum atomic E-state index is -0.311. The van der Waals surface area contributed by atoms with E-state index in [1.165, 1.54) is 18.5 Å². The van der Waals surface area contributed by atoms with Gasteiger partial charge in [-0.05, 0) is 65.1 Å². The summed E-state index contributed by atoms with van der Waals surface area (Å²) in [6.45, 7) is 11.4. The van der Waals surface area contributed by atoms with Crippen molar-refractivity contribution < 1.29 is 9.31 Å². The molecule has 0 unspecified atom stereocenters. The van der Waals surface area contributed by atoms with Crippen LogP contribution in [-0.2, 0) is 9.31 Å². The molecule has 1 saturated carbocycles. The maximum atomic E-state index is 6.21. The van der Waals surface area contributed by atoms with Crippen LogP contribution in [0.1, 0.15) is 59.1 Å². The van der Waals surface area contributed by atoms with Gasteiger partial charge in [0, 0.05) is 25.2 Å². The van der Waals surface area contributed by atoms with Crippen molar-refractivity contribution in [2.45, 2.75) is 64.6 Å². The molecule has 5 heteroatoms. The van der Waals surface area contributed by atoms with Gasteiger partial charge >= 0.3 is 7.12 Å². The molecule has 3 rings (SSSR count). The smallest absolute Gasteiger partial charge is 0.399 e. The first-order valence-corrected chi connectivity index (χ1v) is 8.32. The molecule has 0 amide bonds. The van der Waals surface area contributed by atoms with Crippen molar-refractivity contribution in [2.24, 2.45) is 0 Å². The zero-order valence-corrected chi connectivity index (χ0v) is 14.6. The molecule has 2 heterocycles. The highest BCUT2D eigenvalue weighted by atomic mass is 16.7. The zero-order chi connectivity index (χ0) is 16.1. The van der Waals surface area contributed by atoms with Crippen LogP contribution in [0.5, 0.6) is 0 Å². The zero-order valence-electron chi connectivity index (χ0n) is 14.6. The van der Waals surface area contributed by atoms with Gasteiger partial charge in [-0.1, -0.05) is 0 Å². The van der Waals surface area contributed by atoms with Gasteiger partial charge in [0.2, 0.25) is 0 Å². The van der Waals surface area contributed by atoms with E-state index in [0.717, 1.165) is 17.8 Å². The Labute approximate surface area is 134 Å². The third-order valence-electron chi connectivity index (χ3n) is 5.24. The summed E-state index contributed by atoms with van der Waals surface area (Å²) in [5.41, 5.74) is 1.66. The van der Waals surface area contributed by atoms with Crippen molar-refractivity contribution in [1.82, 2.24) is 4.98 Å². The molecule has 0 atom stereocenters. The minimum absolute atomic E-state index is 0.308. The molecule has 1 aliphatic heterocycles. The van der Waals surface area contributed by atoms with Crippen LogP contribution in [0.25, 0.3) is 0 Å². The predicted octanol–water partition coefficient (Wildman–Crippen LogP) is 2.71. The van der Waals surface area contributed by atoms with Gasteiger partial charge in [0.15, 0.2) is 0 Å². The Bertz CT molecular complexity index is 554. The fraction of sp³-hybridized carbons (Fsp3) is 0.706. The van der Waals surface area contributed by atoms with Crippen molar-refractivity contribution in [3.8, 4) is 0 Å². The lowest BCUT2D eigenvalue weighted by molar-refractivity contribution is 0.00578. The highest BCUT2D eigenvalue weighted by molar-refractivity contribution is 6.62. The molecule has 120 valence electrons. The summed E-state index contributed by atoms with van der Waals surface area (Å²) in [4.78, 5) is 6.99. The van der Waals surface area contributed by atoms with Crippen LogP contribution < -0.4 is 10.4 Å². The molecule has 0 radical (unpaired) electrons. The summed E-state index contributed by atoms with van der Waals surface area (Å²) in [5.74, 6) is 1.63. The molecule has 1 aromatic heterocycles. The van der Waals surface area contributed by atoms with Crippen LogP contribution in [0.2, 0.25) is 0 Å². The SMILES string of the molecule is CCN(C)c1cc(B2OC(C)(C)C(C)(C)O2)cc(C2CC2)n1. The molecule has 4 nitrogen and oxygen atoms in total. The summed E-state index contributed by atoms with van der Waals surface area (Å²) >= 11 is 0. The minimum Gasteiger partial charge on any atom is -0.399 e. The summed E-state index contributed by atoms with van der Waals surface area (Å²) in [5, 5.41) is 0. The number of hydrogen-bond acceptors (Lipinski definition) is 4. The van der Waals surface area contributed by atoms with Crippen molar-refractivity contribution in [1.29, 1.82) is 0 Å². The lowest BCUT2D eigenvalue weighted by Gasteiger charge is -2.32. The van der Waals surface area contributed by atoms with Gasteiger partial charge in [-0.15, -0.1) is 0 Å². The second kappa shape index (κ2) is 5.24. The average Bonchev–Trinajstić information content (AvgIpc) is 3.26. The average molecular weight is 302 g/mol. The molecule has 22 heavy (non-hydrogen) atoms. The normalized spacial score (nSPS) is 22.9. The van der Waals surface area contributed by atoms with Gasteiger partial charge in [0.05, 0.1) is 11.2 Å². The van der Waals surface area contributed by atoms with Crippen molar-refractivity contribution >= 4 is 18.4 Å². The van der Waals surface area contributed by atoms with Crippen LogP contribution in [-0.4, -0.2) is 36.9 Å². The van der Waals surface area contributed by atoms with Crippen LogP contribution in [0, 0.1) is 0 Å². The third-order valence-corrected chi connectivity index (χ3v) is 5.24. The maximum Gasteiger partial charge on any atom is 0.495 e. The standard InChI is InChI=1S/C17H27BN2O2/c1-7-20(6)15-11-13(10-14(19-15)12-8-9-12)18-21-16(2,3)17(4,5)22-18/h10-12H,7-9H2,1-6H3. The second-order valence-electron chi connectivity index (χ2n) is 7.56. The Kier molecular flexibility index (Phi) is 3.77. The fourth-order valence-corrected chi connectivity index (χ4v) is 2.62. The molecule has 0 N–H and O–H groups in total. The van der Waals surface area contributed by atoms with Crippen molar-refractivity contribution in [2.75, 3.05) is 18.5 Å². The Morgan fingerprint density at radius 2 is 1.77 bits per heavy atom. The van der Waals surface area contributed by atoms with Gasteiger partial charge < -0.3 is 14.2 Å². The van der Waals surface area contributed by atoms with E-state index in [0.29, 0.717) is 5.92 Å². The first-order chi connectivity index (χ1) is 10.2. The number of hydrogen-bond donors (Lipinski definition) is 0. The molecule has 2 aliphatic rings. The van der Waals surface area contributed by atoms with Crippen molar-refractivity contribution in [3.63, 3.8) is 0 Å². The monoisotopic (exact) mass is 302 g/mol. The van der Waals surface area contributed by atoms with Crippen LogP contribution in [0.15, 0.2) is 12.1 Å². The molecular formula is C17H27BN2O2. The molecule has 0 bridgehead atoms. The largest absolute Gasteiger partial charge is 0.495 e. The summed E-state index contributed by atoms with van der Waals surface area (Å²) in [6.07, 6.45) is 2.49. The lowest BCUT2D eigenvalue weighted by atomic mass is 9.79. The number of rotatable bonds is 4. The van der Waals surface area contributed by atoms with Crippen LogP contribution in [0.4, 0.5) is 5.82 Å². The maximum absolute atomic E-state index is 6.21. The summed E-state index contributed by atoms with van der Waals surface area (Å²) < 4.78 is 12.4. The van der Waals surface area contributed by atoms with Gasteiger partial charge in [-0.25, -0.2) is 4.98 Å². The molecule has 1 saturated heterocycles. The van der Waals surface area contributed by atoms with E-state index >= 15 is 0 Å². The lowest BCUT2D eigenvalue weighted by Crippen LogP contribution is -2.41. The van der Waals surface area contributed by atoms with Crippen molar-refractivity contribution in [3.05, 3.63) is 17.8 Å². The number of aromatic nitrogens is 1. The fourth-order valence-electron chi connectivity index (χ4n) is 2.62. The topological polar surface area (TPSA) is 34.6 Å². The van der Waals surface area contributed by atoms with E-state index < -0.39 is 0 Å². The van der Waals surface area contributed by atoms with Gasteiger partial charge in [-0.2, -0.15) is 0 Å². The highest BCUT2D eigenvalue weighted by Crippen LogP contribution is 2.40. The van der Waals surface area contributed by atoms with E-state index in [1.807, 2.05) is 0 Å². The van der Waals surface area contributed by atoms with E-state index in [1.54, 1.807) is 0 Å². The Balaban J connectivity index is 1.95. The summed E-state index contributed by atoms with van der Waals surface area (Å²) in [7, 11) is 1.77. The Hall–Kier alpha value is -1.07. The first-order valence-electron chi connectivity index (χ1n) is 8.32. The highest BCUT2D eigenvalue weighted by Gasteiger charge is 2.52. The van der Waals surface area contributed by atoms with E-state index in [9.17, 15) is 0 Å². The number of nitrogens with zero attached hydrogens (tertiary/aromatic N) is 2. The number of anilines is 1. The first kappa shape index (κ1) is 15.8. The second-order valence-corrected chi connectivity index (χ2v) is 7.56. The molecular weight excluding hydrogens is 275 g/mol.